The molecule has 0 aliphatic carbocycles. The van der Waals surface area contributed by atoms with Crippen LogP contribution in [0.4, 0.5) is 0 Å². The zero-order chi connectivity index (χ0) is 9.97. The summed E-state index contributed by atoms with van der Waals surface area (Å²) in [7, 11) is 0. The Morgan fingerprint density at radius 1 is 1.36 bits per heavy atom. The van der Waals surface area contributed by atoms with Crippen molar-refractivity contribution in [2.45, 2.75) is 6.54 Å². The molecule has 0 saturated carbocycles. The van der Waals surface area contributed by atoms with Crippen molar-refractivity contribution < 1.29 is 5.11 Å². The zero-order valence-corrected chi connectivity index (χ0v) is 8.15. The van der Waals surface area contributed by atoms with Crippen LogP contribution < -0.4 is 0 Å². The van der Waals surface area contributed by atoms with Gasteiger partial charge in [0.15, 0.2) is 5.75 Å². The van der Waals surface area contributed by atoms with Gasteiger partial charge in [-0.25, -0.2) is 0 Å². The third-order valence-electron chi connectivity index (χ3n) is 1.91. The lowest BCUT2D eigenvalue weighted by molar-refractivity contribution is 0.474. The van der Waals surface area contributed by atoms with E-state index >= 15 is 0 Å². The molecule has 1 heterocycles. The van der Waals surface area contributed by atoms with Crippen molar-refractivity contribution in [3.63, 3.8) is 0 Å². The highest BCUT2D eigenvalue weighted by molar-refractivity contribution is 6.31. The fourth-order valence-electron chi connectivity index (χ4n) is 1.24. The Morgan fingerprint density at radius 3 is 2.79 bits per heavy atom. The van der Waals surface area contributed by atoms with E-state index in [2.05, 4.69) is 5.10 Å². The van der Waals surface area contributed by atoms with E-state index in [0.717, 1.165) is 5.56 Å². The minimum atomic E-state index is 0.164. The molecule has 72 valence electrons. The highest BCUT2D eigenvalue weighted by Gasteiger charge is 2.01. The summed E-state index contributed by atoms with van der Waals surface area (Å²) >= 11 is 5.98. The van der Waals surface area contributed by atoms with Crippen LogP contribution in [0.3, 0.4) is 0 Å². The highest BCUT2D eigenvalue weighted by Crippen LogP contribution is 2.16. The minimum Gasteiger partial charge on any atom is -0.505 e. The van der Waals surface area contributed by atoms with E-state index < -0.39 is 0 Å². The first-order chi connectivity index (χ1) is 6.75. The molecule has 0 saturated heterocycles. The SMILES string of the molecule is Oc1cnn(Cc2ccccc2Cl)c1. The number of aromatic nitrogens is 2. The molecule has 4 heteroatoms. The summed E-state index contributed by atoms with van der Waals surface area (Å²) in [5.74, 6) is 0.164. The molecule has 0 aliphatic rings. The van der Waals surface area contributed by atoms with Crippen LogP contribution in [0.15, 0.2) is 36.7 Å². The van der Waals surface area contributed by atoms with Gasteiger partial charge in [-0.05, 0) is 11.6 Å². The lowest BCUT2D eigenvalue weighted by Gasteiger charge is -2.03. The lowest BCUT2D eigenvalue weighted by atomic mass is 10.2. The second-order valence-corrected chi connectivity index (χ2v) is 3.39. The van der Waals surface area contributed by atoms with Crippen LogP contribution in [0, 0.1) is 0 Å². The second-order valence-electron chi connectivity index (χ2n) is 2.99. The number of hydrogen-bond acceptors (Lipinski definition) is 2. The monoisotopic (exact) mass is 208 g/mol. The van der Waals surface area contributed by atoms with E-state index in [1.807, 2.05) is 24.3 Å². The van der Waals surface area contributed by atoms with Crippen LogP contribution in [0.1, 0.15) is 5.56 Å². The summed E-state index contributed by atoms with van der Waals surface area (Å²) < 4.78 is 1.64. The van der Waals surface area contributed by atoms with Gasteiger partial charge in [0.2, 0.25) is 0 Å². The molecule has 0 radical (unpaired) electrons. The van der Waals surface area contributed by atoms with Crippen LogP contribution >= 0.6 is 11.6 Å². The Hall–Kier alpha value is -1.48. The molecule has 1 aromatic heterocycles. The molecule has 1 aromatic carbocycles. The smallest absolute Gasteiger partial charge is 0.153 e. The van der Waals surface area contributed by atoms with Gasteiger partial charge in [-0.3, -0.25) is 4.68 Å². The van der Waals surface area contributed by atoms with Crippen LogP contribution in [0.25, 0.3) is 0 Å². The van der Waals surface area contributed by atoms with Crippen molar-refractivity contribution >= 4 is 11.6 Å². The molecule has 14 heavy (non-hydrogen) atoms. The molecule has 0 fully saturated rings. The summed E-state index contributed by atoms with van der Waals surface area (Å²) in [6, 6.07) is 7.57. The molecule has 0 unspecified atom stereocenters. The van der Waals surface area contributed by atoms with Crippen LogP contribution in [0.5, 0.6) is 5.75 Å². The predicted molar refractivity (Wildman–Crippen MR) is 54.4 cm³/mol. The first-order valence-corrected chi connectivity index (χ1v) is 4.58. The predicted octanol–water partition coefficient (Wildman–Crippen LogP) is 2.29. The molecular formula is C10H9ClN2O. The Labute approximate surface area is 86.6 Å². The van der Waals surface area contributed by atoms with Crippen molar-refractivity contribution in [3.8, 4) is 5.75 Å². The van der Waals surface area contributed by atoms with Crippen molar-refractivity contribution in [3.05, 3.63) is 47.2 Å². The fraction of sp³-hybridized carbons (Fsp3) is 0.100. The van der Waals surface area contributed by atoms with Gasteiger partial charge < -0.3 is 5.11 Å². The van der Waals surface area contributed by atoms with Gasteiger partial charge in [-0.2, -0.15) is 5.10 Å². The van der Waals surface area contributed by atoms with Gasteiger partial charge >= 0.3 is 0 Å². The highest BCUT2D eigenvalue weighted by atomic mass is 35.5. The summed E-state index contributed by atoms with van der Waals surface area (Å²) in [5.41, 5.74) is 0.984. The maximum absolute atomic E-state index is 9.08. The van der Waals surface area contributed by atoms with Crippen molar-refractivity contribution in [1.82, 2.24) is 9.78 Å². The topological polar surface area (TPSA) is 38.1 Å². The Kier molecular flexibility index (Phi) is 2.41. The first-order valence-electron chi connectivity index (χ1n) is 4.20. The van der Waals surface area contributed by atoms with Crippen molar-refractivity contribution in [1.29, 1.82) is 0 Å². The molecule has 2 rings (SSSR count). The number of nitrogens with zero attached hydrogens (tertiary/aromatic N) is 2. The van der Waals surface area contributed by atoms with Crippen molar-refractivity contribution in [2.24, 2.45) is 0 Å². The molecule has 2 aromatic rings. The number of halogens is 1. The van der Waals surface area contributed by atoms with Crippen LogP contribution in [-0.2, 0) is 6.54 Å². The van der Waals surface area contributed by atoms with E-state index in [9.17, 15) is 0 Å². The maximum atomic E-state index is 9.08. The zero-order valence-electron chi connectivity index (χ0n) is 7.39. The number of aromatic hydroxyl groups is 1. The van der Waals surface area contributed by atoms with Gasteiger partial charge in [-0.1, -0.05) is 29.8 Å². The van der Waals surface area contributed by atoms with Gasteiger partial charge in [0.1, 0.15) is 0 Å². The quantitative estimate of drug-likeness (QED) is 0.823. The summed E-state index contributed by atoms with van der Waals surface area (Å²) in [5, 5.41) is 13.8. The molecule has 1 N–H and O–H groups in total. The summed E-state index contributed by atoms with van der Waals surface area (Å²) in [6.45, 7) is 0.570. The standard InChI is InChI=1S/C10H9ClN2O/c11-10-4-2-1-3-8(10)6-13-7-9(14)5-12-13/h1-5,7,14H,6H2. The Balaban J connectivity index is 2.23. The Morgan fingerprint density at radius 2 is 2.14 bits per heavy atom. The van der Waals surface area contributed by atoms with E-state index in [1.165, 1.54) is 6.20 Å². The first kappa shape index (κ1) is 9.09. The summed E-state index contributed by atoms with van der Waals surface area (Å²) in [4.78, 5) is 0. The van der Waals surface area contributed by atoms with Crippen LogP contribution in [-0.4, -0.2) is 14.9 Å². The van der Waals surface area contributed by atoms with Crippen molar-refractivity contribution in [2.75, 3.05) is 0 Å². The minimum absolute atomic E-state index is 0.164. The molecule has 0 bridgehead atoms. The van der Waals surface area contributed by atoms with Crippen LogP contribution in [0.2, 0.25) is 5.02 Å². The van der Waals surface area contributed by atoms with Gasteiger partial charge in [0, 0.05) is 5.02 Å². The van der Waals surface area contributed by atoms with E-state index in [-0.39, 0.29) is 5.75 Å². The van der Waals surface area contributed by atoms with Gasteiger partial charge in [0.05, 0.1) is 18.9 Å². The number of benzene rings is 1. The second kappa shape index (κ2) is 3.72. The third-order valence-corrected chi connectivity index (χ3v) is 2.28. The van der Waals surface area contributed by atoms with E-state index in [1.54, 1.807) is 10.9 Å². The third kappa shape index (κ3) is 1.88. The molecule has 0 amide bonds. The Bertz CT molecular complexity index is 439. The van der Waals surface area contributed by atoms with Gasteiger partial charge in [0.25, 0.3) is 0 Å². The largest absolute Gasteiger partial charge is 0.505 e. The average Bonchev–Trinajstić information content (AvgIpc) is 2.56. The maximum Gasteiger partial charge on any atom is 0.153 e. The number of hydrogen-bond donors (Lipinski definition) is 1. The molecule has 3 nitrogen and oxygen atoms in total. The fourth-order valence-corrected chi connectivity index (χ4v) is 1.44. The van der Waals surface area contributed by atoms with E-state index in [4.69, 9.17) is 16.7 Å². The normalized spacial score (nSPS) is 10.4. The molecular weight excluding hydrogens is 200 g/mol. The molecule has 0 atom stereocenters. The van der Waals surface area contributed by atoms with Gasteiger partial charge in [-0.15, -0.1) is 0 Å². The lowest BCUT2D eigenvalue weighted by Crippen LogP contribution is -1.99. The van der Waals surface area contributed by atoms with E-state index in [0.29, 0.717) is 11.6 Å². The summed E-state index contributed by atoms with van der Waals surface area (Å²) in [6.07, 6.45) is 2.96. The molecule has 0 spiro atoms. The number of rotatable bonds is 2. The average molecular weight is 209 g/mol. The molecule has 0 aliphatic heterocycles.